The summed E-state index contributed by atoms with van der Waals surface area (Å²) in [5.41, 5.74) is 1.30. The third-order valence-corrected chi connectivity index (χ3v) is 4.93. The minimum absolute atomic E-state index is 0.282. The molecule has 3 aromatic rings. The van der Waals surface area contributed by atoms with E-state index in [0.29, 0.717) is 5.82 Å². The van der Waals surface area contributed by atoms with E-state index in [9.17, 15) is 4.79 Å². The van der Waals surface area contributed by atoms with Crippen molar-refractivity contribution in [2.24, 2.45) is 0 Å². The van der Waals surface area contributed by atoms with Crippen LogP contribution in [0.3, 0.4) is 0 Å². The van der Waals surface area contributed by atoms with Crippen LogP contribution in [-0.2, 0) is 12.8 Å². The van der Waals surface area contributed by atoms with E-state index in [-0.39, 0.29) is 11.7 Å². The van der Waals surface area contributed by atoms with Gasteiger partial charge in [0.1, 0.15) is 17.0 Å². The number of fused-ring (bicyclic) bond motifs is 3. The van der Waals surface area contributed by atoms with E-state index in [4.69, 9.17) is 4.42 Å². The molecule has 1 aliphatic carbocycles. The lowest BCUT2D eigenvalue weighted by atomic mass is 9.97. The number of carbonyl (C=O) groups is 1. The molecule has 0 unspecified atom stereocenters. The predicted molar refractivity (Wildman–Crippen MR) is 80.7 cm³/mol. The number of anilines is 1. The largest absolute Gasteiger partial charge is 0.459 e. The van der Waals surface area contributed by atoms with E-state index in [1.165, 1.54) is 35.9 Å². The van der Waals surface area contributed by atoms with Crippen LogP contribution in [0.25, 0.3) is 10.2 Å². The van der Waals surface area contributed by atoms with Crippen LogP contribution < -0.4 is 5.32 Å². The van der Waals surface area contributed by atoms with Crippen LogP contribution >= 0.6 is 11.3 Å². The van der Waals surface area contributed by atoms with Crippen LogP contribution in [0.1, 0.15) is 33.8 Å². The maximum Gasteiger partial charge on any atom is 0.292 e. The summed E-state index contributed by atoms with van der Waals surface area (Å²) in [7, 11) is 0. The Morgan fingerprint density at radius 1 is 1.29 bits per heavy atom. The van der Waals surface area contributed by atoms with E-state index in [2.05, 4.69) is 15.3 Å². The van der Waals surface area contributed by atoms with Gasteiger partial charge in [-0.25, -0.2) is 9.97 Å². The summed E-state index contributed by atoms with van der Waals surface area (Å²) in [5, 5.41) is 3.84. The fourth-order valence-electron chi connectivity index (χ4n) is 2.76. The van der Waals surface area contributed by atoms with Gasteiger partial charge in [-0.15, -0.1) is 11.3 Å². The SMILES string of the molecule is O=C(Nc1ncnc2sc3c(c12)CCCC3)c1ccco1. The Morgan fingerprint density at radius 3 is 3.05 bits per heavy atom. The second kappa shape index (κ2) is 4.96. The Kier molecular flexibility index (Phi) is 2.96. The summed E-state index contributed by atoms with van der Waals surface area (Å²) >= 11 is 1.71. The first kappa shape index (κ1) is 12.5. The molecule has 0 fully saturated rings. The third kappa shape index (κ3) is 2.12. The zero-order chi connectivity index (χ0) is 14.2. The van der Waals surface area contributed by atoms with Crippen molar-refractivity contribution in [1.29, 1.82) is 0 Å². The number of furan rings is 1. The summed E-state index contributed by atoms with van der Waals surface area (Å²) in [6.45, 7) is 0. The Hall–Kier alpha value is -2.21. The molecule has 4 rings (SSSR count). The molecule has 0 spiro atoms. The molecule has 0 bridgehead atoms. The maximum absolute atomic E-state index is 12.1. The highest BCUT2D eigenvalue weighted by Gasteiger charge is 2.21. The molecule has 0 saturated carbocycles. The normalized spacial score (nSPS) is 14.1. The zero-order valence-electron chi connectivity index (χ0n) is 11.3. The molecule has 5 nitrogen and oxygen atoms in total. The standard InChI is InChI=1S/C15H13N3O2S/c19-14(10-5-3-7-20-10)18-13-12-9-4-1-2-6-11(9)21-15(12)17-8-16-13/h3,5,7-8H,1-2,4,6H2,(H,16,17,18,19). The number of thiophene rings is 1. The van der Waals surface area contributed by atoms with Gasteiger partial charge in [0.15, 0.2) is 5.76 Å². The van der Waals surface area contributed by atoms with Crippen LogP contribution in [-0.4, -0.2) is 15.9 Å². The van der Waals surface area contributed by atoms with Crippen molar-refractivity contribution in [3.8, 4) is 0 Å². The zero-order valence-corrected chi connectivity index (χ0v) is 12.1. The van der Waals surface area contributed by atoms with E-state index in [1.54, 1.807) is 23.5 Å². The molecule has 0 saturated heterocycles. The van der Waals surface area contributed by atoms with Gasteiger partial charge in [-0.2, -0.15) is 0 Å². The van der Waals surface area contributed by atoms with Crippen LogP contribution in [0.4, 0.5) is 5.82 Å². The second-order valence-corrected chi connectivity index (χ2v) is 6.13. The first-order valence-corrected chi connectivity index (χ1v) is 7.74. The van der Waals surface area contributed by atoms with Crippen molar-refractivity contribution >= 4 is 33.3 Å². The van der Waals surface area contributed by atoms with Crippen LogP contribution in [0.15, 0.2) is 29.1 Å². The first-order chi connectivity index (χ1) is 10.3. The molecular formula is C15H13N3O2S. The van der Waals surface area contributed by atoms with Gasteiger partial charge >= 0.3 is 0 Å². The average molecular weight is 299 g/mol. The Balaban J connectivity index is 1.78. The maximum atomic E-state index is 12.1. The average Bonchev–Trinajstić information content (AvgIpc) is 3.15. The minimum atomic E-state index is -0.282. The van der Waals surface area contributed by atoms with E-state index in [1.807, 2.05) is 0 Å². The van der Waals surface area contributed by atoms with Crippen LogP contribution in [0, 0.1) is 0 Å². The van der Waals surface area contributed by atoms with Gasteiger partial charge < -0.3 is 9.73 Å². The van der Waals surface area contributed by atoms with Crippen LogP contribution in [0.2, 0.25) is 0 Å². The van der Waals surface area contributed by atoms with Crippen molar-refractivity contribution in [2.75, 3.05) is 5.32 Å². The van der Waals surface area contributed by atoms with Gasteiger partial charge in [0.05, 0.1) is 11.6 Å². The van der Waals surface area contributed by atoms with Gasteiger partial charge in [-0.1, -0.05) is 0 Å². The lowest BCUT2D eigenvalue weighted by Crippen LogP contribution is -2.13. The molecule has 3 heterocycles. The van der Waals surface area contributed by atoms with Gasteiger partial charge in [-0.05, 0) is 43.4 Å². The number of nitrogens with one attached hydrogen (secondary N) is 1. The van der Waals surface area contributed by atoms with E-state index >= 15 is 0 Å². The Morgan fingerprint density at radius 2 is 2.19 bits per heavy atom. The van der Waals surface area contributed by atoms with Crippen molar-refractivity contribution in [3.05, 3.63) is 40.9 Å². The van der Waals surface area contributed by atoms with Gasteiger partial charge in [-0.3, -0.25) is 4.79 Å². The highest BCUT2D eigenvalue weighted by molar-refractivity contribution is 7.19. The van der Waals surface area contributed by atoms with Gasteiger partial charge in [0.2, 0.25) is 0 Å². The van der Waals surface area contributed by atoms with Crippen molar-refractivity contribution in [2.45, 2.75) is 25.7 Å². The number of nitrogens with zero attached hydrogens (tertiary/aromatic N) is 2. The van der Waals surface area contributed by atoms with Crippen molar-refractivity contribution in [1.82, 2.24) is 9.97 Å². The monoisotopic (exact) mass is 299 g/mol. The smallest absolute Gasteiger partial charge is 0.292 e. The number of aryl methyl sites for hydroxylation is 2. The number of hydrogen-bond acceptors (Lipinski definition) is 5. The summed E-state index contributed by atoms with van der Waals surface area (Å²) < 4.78 is 5.12. The van der Waals surface area contributed by atoms with Crippen LogP contribution in [0.5, 0.6) is 0 Å². The van der Waals surface area contributed by atoms with E-state index in [0.717, 1.165) is 23.1 Å². The van der Waals surface area contributed by atoms with Gasteiger partial charge in [0, 0.05) is 4.88 Å². The van der Waals surface area contributed by atoms with Crippen molar-refractivity contribution < 1.29 is 9.21 Å². The molecular weight excluding hydrogens is 286 g/mol. The molecule has 0 radical (unpaired) electrons. The molecule has 0 aliphatic heterocycles. The molecule has 1 aliphatic rings. The molecule has 21 heavy (non-hydrogen) atoms. The molecule has 3 aromatic heterocycles. The number of amides is 1. The fourth-order valence-corrected chi connectivity index (χ4v) is 3.99. The summed E-state index contributed by atoms with van der Waals surface area (Å²) in [4.78, 5) is 23.1. The molecule has 6 heteroatoms. The summed E-state index contributed by atoms with van der Waals surface area (Å²) in [6.07, 6.45) is 7.52. The quantitative estimate of drug-likeness (QED) is 0.787. The number of carbonyl (C=O) groups excluding carboxylic acids is 1. The molecule has 106 valence electrons. The molecule has 0 atom stereocenters. The fraction of sp³-hybridized carbons (Fsp3) is 0.267. The van der Waals surface area contributed by atoms with Crippen molar-refractivity contribution in [3.63, 3.8) is 0 Å². The number of aromatic nitrogens is 2. The second-order valence-electron chi connectivity index (χ2n) is 5.04. The van der Waals surface area contributed by atoms with E-state index < -0.39 is 0 Å². The predicted octanol–water partition coefficient (Wildman–Crippen LogP) is 3.42. The Labute approximate surface area is 125 Å². The highest BCUT2D eigenvalue weighted by Crippen LogP contribution is 2.38. The minimum Gasteiger partial charge on any atom is -0.459 e. The first-order valence-electron chi connectivity index (χ1n) is 6.93. The molecule has 1 amide bonds. The Bertz CT molecular complexity index is 808. The summed E-state index contributed by atoms with van der Waals surface area (Å²) in [5.74, 6) is 0.586. The highest BCUT2D eigenvalue weighted by atomic mass is 32.1. The van der Waals surface area contributed by atoms with Gasteiger partial charge in [0.25, 0.3) is 5.91 Å². The lowest BCUT2D eigenvalue weighted by Gasteiger charge is -2.11. The molecule has 1 N–H and O–H groups in total. The number of hydrogen-bond donors (Lipinski definition) is 1. The lowest BCUT2D eigenvalue weighted by molar-refractivity contribution is 0.0996. The topological polar surface area (TPSA) is 68.0 Å². The number of rotatable bonds is 2. The summed E-state index contributed by atoms with van der Waals surface area (Å²) in [6, 6.07) is 3.33. The third-order valence-electron chi connectivity index (χ3n) is 3.73. The molecule has 0 aromatic carbocycles.